The SMILES string of the molecule is Cn1c(=O)cc2n(c1=O)[C@H]1C#C[C@H]1C2. The zero-order chi connectivity index (χ0) is 9.87. The van der Waals surface area contributed by atoms with Gasteiger partial charge in [0.2, 0.25) is 0 Å². The fourth-order valence-corrected chi connectivity index (χ4v) is 2.05. The van der Waals surface area contributed by atoms with E-state index in [-0.39, 0.29) is 23.2 Å². The van der Waals surface area contributed by atoms with Gasteiger partial charge in [0.25, 0.3) is 5.56 Å². The molecule has 70 valence electrons. The van der Waals surface area contributed by atoms with E-state index in [0.29, 0.717) is 0 Å². The van der Waals surface area contributed by atoms with Gasteiger partial charge in [-0.3, -0.25) is 13.9 Å². The largest absolute Gasteiger partial charge is 0.332 e. The molecular weight excluding hydrogens is 180 g/mol. The van der Waals surface area contributed by atoms with Crippen LogP contribution < -0.4 is 11.2 Å². The van der Waals surface area contributed by atoms with Gasteiger partial charge >= 0.3 is 5.69 Å². The second-order valence-electron chi connectivity index (χ2n) is 3.73. The van der Waals surface area contributed by atoms with Crippen molar-refractivity contribution in [1.29, 1.82) is 0 Å². The van der Waals surface area contributed by atoms with Crippen molar-refractivity contribution in [1.82, 2.24) is 9.13 Å². The highest BCUT2D eigenvalue weighted by Gasteiger charge is 2.36. The van der Waals surface area contributed by atoms with Gasteiger partial charge in [0, 0.05) is 25.2 Å². The van der Waals surface area contributed by atoms with Crippen LogP contribution in [0.5, 0.6) is 0 Å². The van der Waals surface area contributed by atoms with E-state index >= 15 is 0 Å². The van der Waals surface area contributed by atoms with E-state index in [1.165, 1.54) is 13.1 Å². The molecule has 2 atom stereocenters. The topological polar surface area (TPSA) is 44.0 Å². The molecule has 0 aromatic carbocycles. The van der Waals surface area contributed by atoms with Crippen molar-refractivity contribution in [3.63, 3.8) is 0 Å². The molecule has 0 radical (unpaired) electrons. The molecule has 0 bridgehead atoms. The molecule has 1 aliphatic heterocycles. The minimum atomic E-state index is -0.242. The Hall–Kier alpha value is -1.76. The van der Waals surface area contributed by atoms with Crippen molar-refractivity contribution in [2.24, 2.45) is 13.0 Å². The Morgan fingerprint density at radius 2 is 2.21 bits per heavy atom. The molecule has 0 spiro atoms. The van der Waals surface area contributed by atoms with Gasteiger partial charge in [-0.15, -0.1) is 0 Å². The number of hydrogen-bond donors (Lipinski definition) is 0. The van der Waals surface area contributed by atoms with Crippen LogP contribution in [0.25, 0.3) is 0 Å². The first kappa shape index (κ1) is 7.63. The average molecular weight is 188 g/mol. The lowest BCUT2D eigenvalue weighted by molar-refractivity contribution is 0.503. The summed E-state index contributed by atoms with van der Waals surface area (Å²) in [6.45, 7) is 0. The maximum Gasteiger partial charge on any atom is 0.332 e. The van der Waals surface area contributed by atoms with Crippen molar-refractivity contribution in [2.75, 3.05) is 0 Å². The Labute approximate surface area is 79.8 Å². The van der Waals surface area contributed by atoms with Crippen LogP contribution in [-0.2, 0) is 13.5 Å². The molecule has 0 unspecified atom stereocenters. The van der Waals surface area contributed by atoms with E-state index in [0.717, 1.165) is 16.7 Å². The summed E-state index contributed by atoms with van der Waals surface area (Å²) in [7, 11) is 1.50. The Morgan fingerprint density at radius 3 is 2.86 bits per heavy atom. The standard InChI is InChI=1S/C10H8N2O2/c1-11-9(13)5-7-4-6-2-3-8(6)12(7)10(11)14/h5-6,8H,4H2,1H3/t6-,8-/m0/s1. The summed E-state index contributed by atoms with van der Waals surface area (Å²) in [6.07, 6.45) is 0.739. The van der Waals surface area contributed by atoms with Gasteiger partial charge in [-0.2, -0.15) is 0 Å². The van der Waals surface area contributed by atoms with E-state index in [4.69, 9.17) is 0 Å². The summed E-state index contributed by atoms with van der Waals surface area (Å²) in [5.41, 5.74) is 0.335. The molecule has 1 aromatic heterocycles. The highest BCUT2D eigenvalue weighted by atomic mass is 16.2. The normalized spacial score (nSPS) is 25.8. The Morgan fingerprint density at radius 1 is 1.43 bits per heavy atom. The lowest BCUT2D eigenvalue weighted by Gasteiger charge is -2.17. The predicted molar refractivity (Wildman–Crippen MR) is 50.0 cm³/mol. The Kier molecular flexibility index (Phi) is 1.19. The van der Waals surface area contributed by atoms with Crippen molar-refractivity contribution >= 4 is 0 Å². The summed E-state index contributed by atoms with van der Waals surface area (Å²) in [6, 6.07) is 1.55. The van der Waals surface area contributed by atoms with E-state index in [1.807, 2.05) is 0 Å². The number of rotatable bonds is 0. The van der Waals surface area contributed by atoms with E-state index in [2.05, 4.69) is 11.8 Å². The van der Waals surface area contributed by atoms with E-state index in [1.54, 1.807) is 4.57 Å². The molecule has 1 aromatic rings. The van der Waals surface area contributed by atoms with Gasteiger partial charge in [0.15, 0.2) is 0 Å². The van der Waals surface area contributed by atoms with Gasteiger partial charge in [-0.05, 0) is 0 Å². The van der Waals surface area contributed by atoms with E-state index in [9.17, 15) is 9.59 Å². The van der Waals surface area contributed by atoms with Crippen LogP contribution in [-0.4, -0.2) is 9.13 Å². The molecule has 4 nitrogen and oxygen atoms in total. The molecule has 0 fully saturated rings. The van der Waals surface area contributed by atoms with Crippen molar-refractivity contribution < 1.29 is 0 Å². The molecule has 0 N–H and O–H groups in total. The lowest BCUT2D eigenvalue weighted by Crippen LogP contribution is -2.39. The second kappa shape index (κ2) is 2.18. The van der Waals surface area contributed by atoms with Gasteiger partial charge in [0.1, 0.15) is 6.04 Å². The molecule has 4 heteroatoms. The number of aromatic nitrogens is 2. The minimum Gasteiger partial charge on any atom is -0.282 e. The predicted octanol–water partition coefficient (Wildman–Crippen LogP) is -0.723. The Bertz CT molecular complexity index is 597. The Balaban J connectivity index is 2.38. The van der Waals surface area contributed by atoms with E-state index < -0.39 is 0 Å². The van der Waals surface area contributed by atoms with Crippen LogP contribution in [0.3, 0.4) is 0 Å². The smallest absolute Gasteiger partial charge is 0.282 e. The van der Waals surface area contributed by atoms with Crippen LogP contribution in [0.1, 0.15) is 11.7 Å². The van der Waals surface area contributed by atoms with Gasteiger partial charge < -0.3 is 0 Å². The van der Waals surface area contributed by atoms with Crippen LogP contribution in [0.15, 0.2) is 15.7 Å². The molecule has 2 aliphatic rings. The highest BCUT2D eigenvalue weighted by molar-refractivity contribution is 5.33. The summed E-state index contributed by atoms with van der Waals surface area (Å²) in [5, 5.41) is 0. The van der Waals surface area contributed by atoms with Crippen molar-refractivity contribution in [3.8, 4) is 11.8 Å². The van der Waals surface area contributed by atoms with Gasteiger partial charge in [-0.25, -0.2) is 4.79 Å². The molecule has 1 aliphatic carbocycles. The fraction of sp³-hybridized carbons (Fsp3) is 0.400. The van der Waals surface area contributed by atoms with Gasteiger partial charge in [-0.1, -0.05) is 11.8 Å². The lowest BCUT2D eigenvalue weighted by atomic mass is 9.93. The molecule has 0 amide bonds. The maximum absolute atomic E-state index is 11.7. The highest BCUT2D eigenvalue weighted by Crippen LogP contribution is 2.32. The summed E-state index contributed by atoms with van der Waals surface area (Å²) in [5.74, 6) is 6.20. The van der Waals surface area contributed by atoms with Crippen LogP contribution in [0.2, 0.25) is 0 Å². The van der Waals surface area contributed by atoms with Gasteiger partial charge in [0.05, 0.1) is 5.92 Å². The van der Waals surface area contributed by atoms with Crippen molar-refractivity contribution in [2.45, 2.75) is 12.5 Å². The molecular formula is C10H8N2O2. The first-order chi connectivity index (χ1) is 6.68. The third kappa shape index (κ3) is 0.704. The first-order valence-corrected chi connectivity index (χ1v) is 4.51. The zero-order valence-corrected chi connectivity index (χ0v) is 7.65. The van der Waals surface area contributed by atoms with Crippen LogP contribution in [0.4, 0.5) is 0 Å². The van der Waals surface area contributed by atoms with Crippen molar-refractivity contribution in [3.05, 3.63) is 32.6 Å². The molecule has 0 saturated heterocycles. The number of fused-ring (bicyclic) bond motifs is 3. The summed E-state index contributed by atoms with van der Waals surface area (Å²) in [4.78, 5) is 23.1. The third-order valence-corrected chi connectivity index (χ3v) is 2.93. The number of nitrogens with zero attached hydrogens (tertiary/aromatic N) is 2. The fourth-order valence-electron chi connectivity index (χ4n) is 2.05. The third-order valence-electron chi connectivity index (χ3n) is 2.93. The summed E-state index contributed by atoms with van der Waals surface area (Å²) < 4.78 is 2.77. The summed E-state index contributed by atoms with van der Waals surface area (Å²) >= 11 is 0. The molecule has 0 saturated carbocycles. The monoisotopic (exact) mass is 188 g/mol. The minimum absolute atomic E-state index is 0.0179. The molecule has 2 heterocycles. The van der Waals surface area contributed by atoms with Crippen LogP contribution >= 0.6 is 0 Å². The second-order valence-corrected chi connectivity index (χ2v) is 3.73. The average Bonchev–Trinajstić information content (AvgIpc) is 2.36. The zero-order valence-electron chi connectivity index (χ0n) is 7.65. The quantitative estimate of drug-likeness (QED) is 0.504. The molecule has 14 heavy (non-hydrogen) atoms. The molecule has 3 rings (SSSR count). The number of hydrogen-bond acceptors (Lipinski definition) is 2. The maximum atomic E-state index is 11.7. The van der Waals surface area contributed by atoms with Crippen LogP contribution in [0, 0.1) is 17.8 Å². The first-order valence-electron chi connectivity index (χ1n) is 4.51.